The number of rotatable bonds is 5. The van der Waals surface area contributed by atoms with Crippen LogP contribution in [0.15, 0.2) is 42.5 Å². The summed E-state index contributed by atoms with van der Waals surface area (Å²) in [5.41, 5.74) is 4.57. The van der Waals surface area contributed by atoms with Crippen molar-refractivity contribution >= 4 is 21.8 Å². The molecule has 138 valence electrons. The van der Waals surface area contributed by atoms with Gasteiger partial charge in [-0.05, 0) is 42.7 Å². The van der Waals surface area contributed by atoms with Crippen molar-refractivity contribution in [2.45, 2.75) is 19.9 Å². The number of amides is 1. The van der Waals surface area contributed by atoms with Crippen LogP contribution in [-0.4, -0.2) is 39.3 Å². The predicted octanol–water partition coefficient (Wildman–Crippen LogP) is 2.09. The second kappa shape index (κ2) is 7.19. The lowest BCUT2D eigenvalue weighted by Gasteiger charge is -2.18. The van der Waals surface area contributed by atoms with E-state index in [1.54, 1.807) is 4.90 Å². The first-order chi connectivity index (χ1) is 12.3. The Morgan fingerprint density at radius 1 is 1.19 bits per heavy atom. The molecule has 2 aromatic carbocycles. The second-order valence-electron chi connectivity index (χ2n) is 6.65. The number of benzene rings is 2. The average molecular weight is 373 g/mol. The first kappa shape index (κ1) is 18.6. The standard InChI is InChI=1S/C19H23N3O3S/c1-14-5-4-6-17(11-14)19(23)22-10-9-16-12-15(7-8-18(16)22)13-20-26(24,25)21(2)3/h4-8,11-12,20H,9-10,13H2,1-3H3. The molecule has 0 bridgehead atoms. The molecule has 2 aromatic rings. The zero-order chi connectivity index (χ0) is 18.9. The first-order valence-corrected chi connectivity index (χ1v) is 9.89. The minimum Gasteiger partial charge on any atom is -0.308 e. The highest BCUT2D eigenvalue weighted by Gasteiger charge is 2.26. The normalized spacial score (nSPS) is 13.9. The molecule has 1 aliphatic heterocycles. The molecule has 0 fully saturated rings. The van der Waals surface area contributed by atoms with Crippen LogP contribution in [-0.2, 0) is 23.2 Å². The van der Waals surface area contributed by atoms with E-state index in [9.17, 15) is 13.2 Å². The summed E-state index contributed by atoms with van der Waals surface area (Å²) < 4.78 is 27.3. The number of hydrogen-bond donors (Lipinski definition) is 1. The van der Waals surface area contributed by atoms with Crippen LogP contribution < -0.4 is 9.62 Å². The Labute approximate surface area is 154 Å². The molecule has 26 heavy (non-hydrogen) atoms. The number of fused-ring (bicyclic) bond motifs is 1. The number of nitrogens with zero attached hydrogens (tertiary/aromatic N) is 2. The summed E-state index contributed by atoms with van der Waals surface area (Å²) in [6.07, 6.45) is 0.765. The smallest absolute Gasteiger partial charge is 0.279 e. The Bertz CT molecular complexity index is 939. The fourth-order valence-corrected chi connectivity index (χ4v) is 3.62. The van der Waals surface area contributed by atoms with Gasteiger partial charge in [0.05, 0.1) is 0 Å². The fourth-order valence-electron chi connectivity index (χ4n) is 3.01. The van der Waals surface area contributed by atoms with Gasteiger partial charge in [0, 0.05) is 38.4 Å². The summed E-state index contributed by atoms with van der Waals surface area (Å²) in [7, 11) is -0.484. The lowest BCUT2D eigenvalue weighted by atomic mass is 10.1. The van der Waals surface area contributed by atoms with E-state index in [1.165, 1.54) is 14.1 Å². The molecule has 0 radical (unpaired) electrons. The van der Waals surface area contributed by atoms with Crippen molar-refractivity contribution in [3.63, 3.8) is 0 Å². The maximum atomic E-state index is 12.8. The largest absolute Gasteiger partial charge is 0.308 e. The van der Waals surface area contributed by atoms with E-state index in [2.05, 4.69) is 4.72 Å². The summed E-state index contributed by atoms with van der Waals surface area (Å²) in [5, 5.41) is 0. The van der Waals surface area contributed by atoms with Crippen molar-refractivity contribution in [1.29, 1.82) is 0 Å². The molecule has 0 aliphatic carbocycles. The maximum Gasteiger partial charge on any atom is 0.279 e. The quantitative estimate of drug-likeness (QED) is 0.873. The Balaban J connectivity index is 1.77. The molecule has 3 rings (SSSR count). The van der Waals surface area contributed by atoms with E-state index >= 15 is 0 Å². The third-order valence-electron chi connectivity index (χ3n) is 4.49. The molecule has 1 heterocycles. The van der Waals surface area contributed by atoms with Crippen LogP contribution in [0.4, 0.5) is 5.69 Å². The minimum atomic E-state index is -3.46. The molecule has 0 unspecified atom stereocenters. The molecule has 0 saturated heterocycles. The van der Waals surface area contributed by atoms with Crippen molar-refractivity contribution in [2.75, 3.05) is 25.5 Å². The van der Waals surface area contributed by atoms with E-state index in [0.717, 1.165) is 33.1 Å². The van der Waals surface area contributed by atoms with E-state index in [4.69, 9.17) is 0 Å². The molecule has 1 amide bonds. The van der Waals surface area contributed by atoms with Crippen LogP contribution in [0.3, 0.4) is 0 Å². The molecule has 0 saturated carbocycles. The Morgan fingerprint density at radius 2 is 1.96 bits per heavy atom. The molecule has 7 heteroatoms. The Kier molecular flexibility index (Phi) is 5.13. The number of nitrogens with one attached hydrogen (secondary N) is 1. The van der Waals surface area contributed by atoms with Gasteiger partial charge in [-0.25, -0.2) is 0 Å². The Morgan fingerprint density at radius 3 is 2.65 bits per heavy atom. The van der Waals surface area contributed by atoms with Gasteiger partial charge < -0.3 is 4.90 Å². The zero-order valence-electron chi connectivity index (χ0n) is 15.2. The summed E-state index contributed by atoms with van der Waals surface area (Å²) in [5.74, 6) is -0.00601. The Hall–Kier alpha value is -2.22. The van der Waals surface area contributed by atoms with Gasteiger partial charge in [-0.3, -0.25) is 4.79 Å². The van der Waals surface area contributed by atoms with E-state index < -0.39 is 10.2 Å². The van der Waals surface area contributed by atoms with Gasteiger partial charge in [-0.1, -0.05) is 29.8 Å². The lowest BCUT2D eigenvalue weighted by Crippen LogP contribution is -2.35. The van der Waals surface area contributed by atoms with Gasteiger partial charge >= 0.3 is 0 Å². The molecule has 6 nitrogen and oxygen atoms in total. The third-order valence-corrected chi connectivity index (χ3v) is 5.96. The van der Waals surface area contributed by atoms with E-state index in [-0.39, 0.29) is 12.5 Å². The van der Waals surface area contributed by atoms with Crippen molar-refractivity contribution in [1.82, 2.24) is 9.03 Å². The molecular formula is C19H23N3O3S. The highest BCUT2D eigenvalue weighted by molar-refractivity contribution is 7.87. The summed E-state index contributed by atoms with van der Waals surface area (Å²) in [6, 6.07) is 13.3. The highest BCUT2D eigenvalue weighted by Crippen LogP contribution is 2.30. The second-order valence-corrected chi connectivity index (χ2v) is 8.62. The van der Waals surface area contributed by atoms with Gasteiger partial charge in [0.2, 0.25) is 0 Å². The summed E-state index contributed by atoms with van der Waals surface area (Å²) in [6.45, 7) is 2.82. The molecule has 1 aliphatic rings. The van der Waals surface area contributed by atoms with Gasteiger partial charge in [-0.15, -0.1) is 0 Å². The SMILES string of the molecule is Cc1cccc(C(=O)N2CCc3cc(CNS(=O)(=O)N(C)C)ccc32)c1. The van der Waals surface area contributed by atoms with Crippen molar-refractivity contribution in [3.05, 3.63) is 64.7 Å². The van der Waals surface area contributed by atoms with Crippen LogP contribution in [0.1, 0.15) is 27.0 Å². The zero-order valence-corrected chi connectivity index (χ0v) is 16.0. The van der Waals surface area contributed by atoms with E-state index in [0.29, 0.717) is 12.1 Å². The van der Waals surface area contributed by atoms with Crippen molar-refractivity contribution in [3.8, 4) is 0 Å². The van der Waals surface area contributed by atoms with Crippen LogP contribution in [0, 0.1) is 6.92 Å². The molecular weight excluding hydrogens is 350 g/mol. The van der Waals surface area contributed by atoms with Gasteiger partial charge in [0.25, 0.3) is 16.1 Å². The molecule has 1 N–H and O–H groups in total. The molecule has 0 atom stereocenters. The number of carbonyl (C=O) groups is 1. The average Bonchev–Trinajstić information content (AvgIpc) is 3.02. The van der Waals surface area contributed by atoms with Gasteiger partial charge in [0.1, 0.15) is 0 Å². The van der Waals surface area contributed by atoms with E-state index in [1.807, 2.05) is 49.4 Å². The molecule has 0 aromatic heterocycles. The minimum absolute atomic E-state index is 0.00601. The summed E-state index contributed by atoms with van der Waals surface area (Å²) in [4.78, 5) is 14.6. The maximum absolute atomic E-state index is 12.8. The van der Waals surface area contributed by atoms with Crippen LogP contribution in [0.5, 0.6) is 0 Å². The van der Waals surface area contributed by atoms with Crippen molar-refractivity contribution < 1.29 is 13.2 Å². The van der Waals surface area contributed by atoms with Crippen LogP contribution >= 0.6 is 0 Å². The number of aryl methyl sites for hydroxylation is 1. The number of hydrogen-bond acceptors (Lipinski definition) is 3. The van der Waals surface area contributed by atoms with Crippen molar-refractivity contribution in [2.24, 2.45) is 0 Å². The predicted molar refractivity (Wildman–Crippen MR) is 102 cm³/mol. The highest BCUT2D eigenvalue weighted by atomic mass is 32.2. The van der Waals surface area contributed by atoms with Crippen LogP contribution in [0.2, 0.25) is 0 Å². The first-order valence-electron chi connectivity index (χ1n) is 8.45. The fraction of sp³-hybridized carbons (Fsp3) is 0.316. The van der Waals surface area contributed by atoms with Gasteiger partial charge in [-0.2, -0.15) is 17.4 Å². The third kappa shape index (κ3) is 3.80. The lowest BCUT2D eigenvalue weighted by molar-refractivity contribution is 0.0989. The van der Waals surface area contributed by atoms with Gasteiger partial charge in [0.15, 0.2) is 0 Å². The number of anilines is 1. The topological polar surface area (TPSA) is 69.7 Å². The molecule has 0 spiro atoms. The summed E-state index contributed by atoms with van der Waals surface area (Å²) >= 11 is 0. The van der Waals surface area contributed by atoms with Crippen LogP contribution in [0.25, 0.3) is 0 Å². The monoisotopic (exact) mass is 373 g/mol. The number of carbonyl (C=O) groups excluding carboxylic acids is 1.